The van der Waals surface area contributed by atoms with Crippen LogP contribution in [0.3, 0.4) is 0 Å². The summed E-state index contributed by atoms with van der Waals surface area (Å²) < 4.78 is 9.31. The third kappa shape index (κ3) is 4.18. The van der Waals surface area contributed by atoms with Gasteiger partial charge in [0.2, 0.25) is 5.91 Å². The molecule has 1 heterocycles. The van der Waals surface area contributed by atoms with Gasteiger partial charge in [-0.25, -0.2) is 0 Å². The third-order valence-corrected chi connectivity index (χ3v) is 5.02. The molecular formula is C17H15ClN2O5S. The van der Waals surface area contributed by atoms with Crippen LogP contribution in [0.25, 0.3) is 0 Å². The molecule has 136 valence electrons. The summed E-state index contributed by atoms with van der Waals surface area (Å²) in [6.07, 6.45) is 0. The zero-order valence-electron chi connectivity index (χ0n) is 13.9. The minimum absolute atomic E-state index is 0.0898. The van der Waals surface area contributed by atoms with Crippen molar-refractivity contribution in [3.63, 3.8) is 0 Å². The van der Waals surface area contributed by atoms with E-state index < -0.39 is 29.7 Å². The fraction of sp³-hybridized carbons (Fsp3) is 0.294. The molecule has 1 amide bonds. The molecule has 2 rings (SSSR count). The zero-order chi connectivity index (χ0) is 19.3. The quantitative estimate of drug-likeness (QED) is 0.601. The Labute approximate surface area is 159 Å². The van der Waals surface area contributed by atoms with Gasteiger partial charge in [0.15, 0.2) is 0 Å². The summed E-state index contributed by atoms with van der Waals surface area (Å²) in [6.45, 7) is 0. The molecule has 0 saturated carbocycles. The first-order chi connectivity index (χ1) is 12.4. The monoisotopic (exact) mass is 394 g/mol. The zero-order valence-corrected chi connectivity index (χ0v) is 15.5. The van der Waals surface area contributed by atoms with E-state index in [4.69, 9.17) is 16.3 Å². The van der Waals surface area contributed by atoms with Gasteiger partial charge in [-0.15, -0.1) is 0 Å². The maximum Gasteiger partial charge on any atom is 0.319 e. The van der Waals surface area contributed by atoms with Gasteiger partial charge < -0.3 is 14.8 Å². The molecule has 1 aliphatic heterocycles. The molecule has 2 atom stereocenters. The van der Waals surface area contributed by atoms with Crippen molar-refractivity contribution in [3.8, 4) is 6.07 Å². The minimum Gasteiger partial charge on any atom is -0.468 e. The van der Waals surface area contributed by atoms with Gasteiger partial charge in [-0.1, -0.05) is 35.5 Å². The molecule has 0 bridgehead atoms. The first-order valence-corrected chi connectivity index (χ1v) is 8.77. The maximum atomic E-state index is 12.5. The number of esters is 2. The molecule has 1 aromatic rings. The van der Waals surface area contributed by atoms with Crippen LogP contribution in [-0.4, -0.2) is 37.8 Å². The lowest BCUT2D eigenvalue weighted by atomic mass is 9.78. The Bertz CT molecular complexity index is 800. The van der Waals surface area contributed by atoms with Crippen LogP contribution in [0.2, 0.25) is 5.02 Å². The highest BCUT2D eigenvalue weighted by molar-refractivity contribution is 8.03. The van der Waals surface area contributed by atoms with Crippen molar-refractivity contribution < 1.29 is 23.9 Å². The lowest BCUT2D eigenvalue weighted by Crippen LogP contribution is -2.44. The van der Waals surface area contributed by atoms with Gasteiger partial charge in [-0.3, -0.25) is 14.4 Å². The molecule has 0 radical (unpaired) electrons. The molecule has 1 N–H and O–H groups in total. The van der Waals surface area contributed by atoms with Crippen LogP contribution in [0.15, 0.2) is 34.9 Å². The van der Waals surface area contributed by atoms with Gasteiger partial charge in [0.1, 0.15) is 5.92 Å². The van der Waals surface area contributed by atoms with E-state index in [0.29, 0.717) is 10.6 Å². The van der Waals surface area contributed by atoms with Gasteiger partial charge in [0, 0.05) is 10.9 Å². The Morgan fingerprint density at radius 3 is 2.46 bits per heavy atom. The Morgan fingerprint density at radius 2 is 1.92 bits per heavy atom. The van der Waals surface area contributed by atoms with Crippen molar-refractivity contribution in [3.05, 3.63) is 45.5 Å². The van der Waals surface area contributed by atoms with E-state index in [-0.39, 0.29) is 16.4 Å². The molecule has 9 heteroatoms. The second-order valence-corrected chi connectivity index (χ2v) is 6.66. The average Bonchev–Trinajstić information content (AvgIpc) is 2.65. The number of nitriles is 1. The van der Waals surface area contributed by atoms with Crippen LogP contribution in [0.1, 0.15) is 11.5 Å². The fourth-order valence-electron chi connectivity index (χ4n) is 2.54. The molecule has 26 heavy (non-hydrogen) atoms. The summed E-state index contributed by atoms with van der Waals surface area (Å²) in [7, 11) is 2.41. The average molecular weight is 395 g/mol. The maximum absolute atomic E-state index is 12.5. The minimum atomic E-state index is -1.22. The number of amides is 1. The van der Waals surface area contributed by atoms with Gasteiger partial charge in [-0.2, -0.15) is 5.26 Å². The standard InChI is InChI=1S/C17H15ClN2O5S/c1-24-12(21)8-26-16-11(7-19)13(9-3-5-10(18)6-4-9)14(15(22)20-16)17(23)25-2/h3-6,13-14H,8H2,1-2H3,(H,20,22)/t13?,14-/m0/s1. The molecular weight excluding hydrogens is 380 g/mol. The van der Waals surface area contributed by atoms with Crippen molar-refractivity contribution in [2.45, 2.75) is 5.92 Å². The lowest BCUT2D eigenvalue weighted by molar-refractivity contribution is -0.150. The third-order valence-electron chi connectivity index (χ3n) is 3.77. The number of carbonyl (C=O) groups is 3. The Kier molecular flexibility index (Phi) is 6.66. The molecule has 1 aromatic carbocycles. The van der Waals surface area contributed by atoms with Crippen molar-refractivity contribution in [2.24, 2.45) is 5.92 Å². The summed E-state index contributed by atoms with van der Waals surface area (Å²) >= 11 is 6.86. The highest BCUT2D eigenvalue weighted by Crippen LogP contribution is 2.40. The van der Waals surface area contributed by atoms with Crippen LogP contribution >= 0.6 is 23.4 Å². The summed E-state index contributed by atoms with van der Waals surface area (Å²) in [6, 6.07) is 8.53. The molecule has 0 aliphatic carbocycles. The van der Waals surface area contributed by atoms with Crippen LogP contribution in [0.4, 0.5) is 0 Å². The highest BCUT2D eigenvalue weighted by atomic mass is 35.5. The molecule has 1 unspecified atom stereocenters. The van der Waals surface area contributed by atoms with Gasteiger partial charge in [0.25, 0.3) is 0 Å². The molecule has 7 nitrogen and oxygen atoms in total. The fourth-order valence-corrected chi connectivity index (χ4v) is 3.55. The Hall–Kier alpha value is -2.50. The summed E-state index contributed by atoms with van der Waals surface area (Å²) in [5.41, 5.74) is 0.726. The van der Waals surface area contributed by atoms with Crippen molar-refractivity contribution in [1.29, 1.82) is 5.26 Å². The summed E-state index contributed by atoms with van der Waals surface area (Å²) in [5, 5.41) is 12.9. The second-order valence-electron chi connectivity index (χ2n) is 5.24. The number of methoxy groups -OCH3 is 2. The van der Waals surface area contributed by atoms with Crippen molar-refractivity contribution >= 4 is 41.2 Å². The largest absolute Gasteiger partial charge is 0.468 e. The van der Waals surface area contributed by atoms with Crippen molar-refractivity contribution in [2.75, 3.05) is 20.0 Å². The van der Waals surface area contributed by atoms with Crippen LogP contribution in [0.5, 0.6) is 0 Å². The first-order valence-electron chi connectivity index (χ1n) is 7.41. The molecule has 1 aliphatic rings. The van der Waals surface area contributed by atoms with E-state index in [1.165, 1.54) is 14.2 Å². The van der Waals surface area contributed by atoms with Gasteiger partial charge in [0.05, 0.1) is 36.6 Å². The van der Waals surface area contributed by atoms with Crippen molar-refractivity contribution in [1.82, 2.24) is 5.32 Å². The Morgan fingerprint density at radius 1 is 1.27 bits per heavy atom. The normalized spacial score (nSPS) is 19.4. The Balaban J connectivity index is 2.53. The van der Waals surface area contributed by atoms with E-state index in [1.807, 2.05) is 6.07 Å². The molecule has 0 aromatic heterocycles. The SMILES string of the molecule is COC(=O)CSC1=C(C#N)C(c2ccc(Cl)cc2)[C@H](C(=O)OC)C(=O)N1. The number of ether oxygens (including phenoxy) is 2. The number of allylic oxidation sites excluding steroid dienone is 1. The number of rotatable bonds is 5. The number of thioether (sulfide) groups is 1. The van der Waals surface area contributed by atoms with Gasteiger partial charge in [-0.05, 0) is 17.7 Å². The van der Waals surface area contributed by atoms with Crippen LogP contribution in [0, 0.1) is 17.2 Å². The van der Waals surface area contributed by atoms with Crippen LogP contribution < -0.4 is 5.32 Å². The molecule has 0 fully saturated rings. The van der Waals surface area contributed by atoms with E-state index in [2.05, 4.69) is 10.1 Å². The second kappa shape index (κ2) is 8.74. The lowest BCUT2D eigenvalue weighted by Gasteiger charge is -2.30. The van der Waals surface area contributed by atoms with E-state index in [9.17, 15) is 19.6 Å². The smallest absolute Gasteiger partial charge is 0.319 e. The summed E-state index contributed by atoms with van der Waals surface area (Å²) in [5.74, 6) is -4.03. The number of carbonyl (C=O) groups excluding carboxylic acids is 3. The van der Waals surface area contributed by atoms with E-state index in [0.717, 1.165) is 11.8 Å². The highest BCUT2D eigenvalue weighted by Gasteiger charge is 2.44. The topological polar surface area (TPSA) is 105 Å². The predicted molar refractivity (Wildman–Crippen MR) is 95.0 cm³/mol. The van der Waals surface area contributed by atoms with Gasteiger partial charge >= 0.3 is 11.9 Å². The first kappa shape index (κ1) is 19.8. The number of nitrogens with one attached hydrogen (secondary N) is 1. The number of nitrogens with zero attached hydrogens (tertiary/aromatic N) is 1. The number of halogens is 1. The van der Waals surface area contributed by atoms with Crippen LogP contribution in [-0.2, 0) is 23.9 Å². The van der Waals surface area contributed by atoms with E-state index >= 15 is 0 Å². The number of hydrogen-bond donors (Lipinski definition) is 1. The predicted octanol–water partition coefficient (Wildman–Crippen LogP) is 1.98. The summed E-state index contributed by atoms with van der Waals surface area (Å²) in [4.78, 5) is 36.1. The molecule has 0 spiro atoms. The van der Waals surface area contributed by atoms with E-state index in [1.54, 1.807) is 24.3 Å². The number of benzene rings is 1. The number of hydrogen-bond acceptors (Lipinski definition) is 7. The molecule has 0 saturated heterocycles.